The van der Waals surface area contributed by atoms with E-state index in [0.29, 0.717) is 13.1 Å². The molecule has 0 saturated heterocycles. The van der Waals surface area contributed by atoms with Crippen LogP contribution in [0.2, 0.25) is 0 Å². The molecule has 1 rings (SSSR count). The molecule has 1 unspecified atom stereocenters. The van der Waals surface area contributed by atoms with Crippen molar-refractivity contribution in [3.05, 3.63) is 13.7 Å². The van der Waals surface area contributed by atoms with Gasteiger partial charge in [0.25, 0.3) is 0 Å². The molecule has 0 aliphatic heterocycles. The summed E-state index contributed by atoms with van der Waals surface area (Å²) in [7, 11) is 0. The lowest BCUT2D eigenvalue weighted by Crippen LogP contribution is -2.40. The Bertz CT molecular complexity index is 368. The van der Waals surface area contributed by atoms with Crippen molar-refractivity contribution in [3.8, 4) is 0 Å². The zero-order chi connectivity index (χ0) is 12.1. The van der Waals surface area contributed by atoms with Crippen LogP contribution in [0.5, 0.6) is 0 Å². The topological polar surface area (TPSA) is 67.2 Å². The largest absolute Gasteiger partial charge is 0.480 e. The number of aliphatic carboxylic acids is 1. The average molecular weight is 449 g/mol. The van der Waals surface area contributed by atoms with Crippen molar-refractivity contribution in [2.45, 2.75) is 25.9 Å². The highest BCUT2D eigenvalue weighted by Crippen LogP contribution is 2.13. The van der Waals surface area contributed by atoms with Gasteiger partial charge in [0, 0.05) is 0 Å². The molecule has 0 aliphatic carbocycles. The summed E-state index contributed by atoms with van der Waals surface area (Å²) in [6.07, 6.45) is 2.59. The summed E-state index contributed by atoms with van der Waals surface area (Å²) in [4.78, 5) is 15.2. The number of carboxylic acid groups (broad SMARTS) is 1. The molecule has 90 valence electrons. The lowest BCUT2D eigenvalue weighted by atomic mass is 10.3. The lowest BCUT2D eigenvalue weighted by Gasteiger charge is -2.14. The maximum Gasteiger partial charge on any atom is 0.322 e. The molecule has 0 saturated carbocycles. The van der Waals surface area contributed by atoms with Crippen LogP contribution in [0.4, 0.5) is 0 Å². The number of rotatable bonds is 6. The van der Waals surface area contributed by atoms with Crippen LogP contribution in [0, 0.1) is 7.40 Å². The zero-order valence-electron chi connectivity index (χ0n) is 8.78. The van der Waals surface area contributed by atoms with Gasteiger partial charge in [0.2, 0.25) is 0 Å². The number of hydrogen-bond donors (Lipinski definition) is 2. The smallest absolute Gasteiger partial charge is 0.322 e. The summed E-state index contributed by atoms with van der Waals surface area (Å²) in [5, 5.41) is 12.1. The monoisotopic (exact) mass is 449 g/mol. The Labute approximate surface area is 121 Å². The van der Waals surface area contributed by atoms with E-state index in [4.69, 9.17) is 5.11 Å². The number of imidazole rings is 1. The molecular weight excluding hydrogens is 436 g/mol. The van der Waals surface area contributed by atoms with Gasteiger partial charge in [0.05, 0.1) is 12.9 Å². The summed E-state index contributed by atoms with van der Waals surface area (Å²) < 4.78 is 3.73. The maximum atomic E-state index is 11.0. The van der Waals surface area contributed by atoms with E-state index in [0.717, 1.165) is 13.8 Å². The van der Waals surface area contributed by atoms with Gasteiger partial charge >= 0.3 is 5.97 Å². The van der Waals surface area contributed by atoms with Crippen LogP contribution in [-0.2, 0) is 11.3 Å². The van der Waals surface area contributed by atoms with Crippen molar-refractivity contribution >= 4 is 51.2 Å². The molecule has 5 nitrogen and oxygen atoms in total. The Morgan fingerprint density at radius 1 is 1.69 bits per heavy atom. The Balaban J connectivity index is 2.68. The fourth-order valence-corrected chi connectivity index (χ4v) is 2.11. The second-order valence-electron chi connectivity index (χ2n) is 3.32. The number of halogens is 2. The molecule has 1 aromatic rings. The van der Waals surface area contributed by atoms with Gasteiger partial charge < -0.3 is 15.0 Å². The van der Waals surface area contributed by atoms with Crippen molar-refractivity contribution in [1.29, 1.82) is 0 Å². The van der Waals surface area contributed by atoms with Gasteiger partial charge in [-0.3, -0.25) is 4.79 Å². The predicted molar refractivity (Wildman–Crippen MR) is 77.4 cm³/mol. The van der Waals surface area contributed by atoms with E-state index in [-0.39, 0.29) is 0 Å². The van der Waals surface area contributed by atoms with Crippen molar-refractivity contribution in [2.75, 3.05) is 6.54 Å². The number of nitrogens with one attached hydrogen (secondary N) is 1. The molecular formula is C9H13I2N3O2. The van der Waals surface area contributed by atoms with E-state index in [1.165, 1.54) is 0 Å². The predicted octanol–water partition coefficient (Wildman–Crippen LogP) is 1.55. The zero-order valence-corrected chi connectivity index (χ0v) is 13.1. The fourth-order valence-electron chi connectivity index (χ4n) is 1.22. The van der Waals surface area contributed by atoms with Crippen LogP contribution in [-0.4, -0.2) is 33.2 Å². The first-order valence-corrected chi connectivity index (χ1v) is 7.04. The van der Waals surface area contributed by atoms with Gasteiger partial charge in [-0.25, -0.2) is 4.98 Å². The van der Waals surface area contributed by atoms with Crippen LogP contribution in [0.15, 0.2) is 6.33 Å². The number of hydrogen-bond acceptors (Lipinski definition) is 3. The van der Waals surface area contributed by atoms with E-state index in [2.05, 4.69) is 55.5 Å². The quantitative estimate of drug-likeness (QED) is 0.648. The van der Waals surface area contributed by atoms with Crippen LogP contribution in [0.25, 0.3) is 0 Å². The van der Waals surface area contributed by atoms with Crippen LogP contribution < -0.4 is 5.32 Å². The minimum absolute atomic E-state index is 0.406. The molecule has 1 heterocycles. The number of carbonyl (C=O) groups is 1. The summed E-state index contributed by atoms with van der Waals surface area (Å²) in [6.45, 7) is 3.12. The van der Waals surface area contributed by atoms with E-state index in [9.17, 15) is 4.79 Å². The van der Waals surface area contributed by atoms with Crippen LogP contribution in [0.1, 0.15) is 13.3 Å². The van der Waals surface area contributed by atoms with Crippen LogP contribution in [0.3, 0.4) is 0 Å². The van der Waals surface area contributed by atoms with Crippen molar-refractivity contribution in [1.82, 2.24) is 14.9 Å². The van der Waals surface area contributed by atoms with E-state index < -0.39 is 12.0 Å². The molecule has 0 aromatic carbocycles. The van der Waals surface area contributed by atoms with E-state index in [1.54, 1.807) is 6.33 Å². The third-order valence-corrected chi connectivity index (χ3v) is 5.00. The Morgan fingerprint density at radius 3 is 2.81 bits per heavy atom. The Hall–Kier alpha value is 0.1000. The van der Waals surface area contributed by atoms with Gasteiger partial charge in [-0.2, -0.15) is 0 Å². The van der Waals surface area contributed by atoms with E-state index >= 15 is 0 Å². The van der Waals surface area contributed by atoms with Gasteiger partial charge in [0.1, 0.15) is 13.4 Å². The normalized spacial score (nSPS) is 12.7. The third kappa shape index (κ3) is 3.84. The third-order valence-electron chi connectivity index (χ3n) is 2.05. The van der Waals surface area contributed by atoms with Gasteiger partial charge in [-0.05, 0) is 58.1 Å². The van der Waals surface area contributed by atoms with Gasteiger partial charge in [0.15, 0.2) is 0 Å². The van der Waals surface area contributed by atoms with Crippen molar-refractivity contribution in [2.24, 2.45) is 0 Å². The SMILES string of the molecule is CCCNC(Cn1cnc(I)c1I)C(=O)O. The van der Waals surface area contributed by atoms with Gasteiger partial charge in [-0.15, -0.1) is 0 Å². The first kappa shape index (κ1) is 14.2. The van der Waals surface area contributed by atoms with E-state index in [1.807, 2.05) is 11.5 Å². The fraction of sp³-hybridized carbons (Fsp3) is 0.556. The molecule has 0 fully saturated rings. The second-order valence-corrected chi connectivity index (χ2v) is 5.37. The van der Waals surface area contributed by atoms with Crippen molar-refractivity contribution < 1.29 is 9.90 Å². The second kappa shape index (κ2) is 6.74. The highest BCUT2D eigenvalue weighted by atomic mass is 127. The molecule has 1 aromatic heterocycles. The number of aromatic nitrogens is 2. The molecule has 0 spiro atoms. The first-order valence-electron chi connectivity index (χ1n) is 4.88. The molecule has 2 N–H and O–H groups in total. The Kier molecular flexibility index (Phi) is 5.97. The molecule has 0 bridgehead atoms. The highest BCUT2D eigenvalue weighted by molar-refractivity contribution is 14.1. The number of carboxylic acids is 1. The minimum Gasteiger partial charge on any atom is -0.480 e. The summed E-state index contributed by atoms with van der Waals surface area (Å²) in [5.41, 5.74) is 0. The number of nitrogens with zero attached hydrogens (tertiary/aromatic N) is 2. The minimum atomic E-state index is -0.826. The Morgan fingerprint density at radius 2 is 2.38 bits per heavy atom. The van der Waals surface area contributed by atoms with Crippen LogP contribution >= 0.6 is 45.2 Å². The highest BCUT2D eigenvalue weighted by Gasteiger charge is 2.18. The lowest BCUT2D eigenvalue weighted by molar-refractivity contribution is -0.139. The molecule has 0 radical (unpaired) electrons. The first-order chi connectivity index (χ1) is 7.56. The van der Waals surface area contributed by atoms with Gasteiger partial charge in [-0.1, -0.05) is 6.92 Å². The van der Waals surface area contributed by atoms with Crippen molar-refractivity contribution in [3.63, 3.8) is 0 Å². The molecule has 16 heavy (non-hydrogen) atoms. The average Bonchev–Trinajstić information content (AvgIpc) is 2.55. The summed E-state index contributed by atoms with van der Waals surface area (Å²) in [6, 6.07) is -0.557. The molecule has 1 atom stereocenters. The standard InChI is InChI=1S/C9H13I2N3O2/c1-2-3-12-6(9(15)16)4-14-5-13-7(10)8(14)11/h5-6,12H,2-4H2,1H3,(H,15,16). The molecule has 7 heteroatoms. The summed E-state index contributed by atoms with van der Waals surface area (Å²) in [5.74, 6) is -0.826. The molecule has 0 amide bonds. The maximum absolute atomic E-state index is 11.0. The molecule has 0 aliphatic rings. The summed E-state index contributed by atoms with van der Waals surface area (Å²) >= 11 is 4.30.